The fourth-order valence-corrected chi connectivity index (χ4v) is 1.41. The van der Waals surface area contributed by atoms with E-state index in [9.17, 15) is 0 Å². The molecule has 1 aromatic rings. The molecule has 0 spiro atoms. The number of aromatic amines is 1. The topological polar surface area (TPSA) is 63.9 Å². The standard InChI is InChI=1S/C8H13N3O/c9-4-3-7-10-6-2-1-5-12-8(6)11-7/h1-5,9H2,(H,10,11). The van der Waals surface area contributed by atoms with Crippen LogP contribution in [0.2, 0.25) is 0 Å². The van der Waals surface area contributed by atoms with Gasteiger partial charge in [0, 0.05) is 6.42 Å². The van der Waals surface area contributed by atoms with E-state index in [0.717, 1.165) is 43.3 Å². The lowest BCUT2D eigenvalue weighted by atomic mass is 10.2. The van der Waals surface area contributed by atoms with E-state index in [4.69, 9.17) is 10.5 Å². The highest BCUT2D eigenvalue weighted by atomic mass is 16.5. The molecule has 1 aliphatic heterocycles. The molecule has 0 aliphatic carbocycles. The third-order valence-corrected chi connectivity index (χ3v) is 1.98. The molecule has 0 radical (unpaired) electrons. The van der Waals surface area contributed by atoms with Gasteiger partial charge in [-0.2, -0.15) is 4.98 Å². The predicted molar refractivity (Wildman–Crippen MR) is 45.2 cm³/mol. The zero-order valence-electron chi connectivity index (χ0n) is 6.97. The van der Waals surface area contributed by atoms with Crippen molar-refractivity contribution in [1.29, 1.82) is 0 Å². The highest BCUT2D eigenvalue weighted by Crippen LogP contribution is 2.21. The molecule has 1 aromatic heterocycles. The molecule has 0 saturated carbocycles. The number of imidazole rings is 1. The van der Waals surface area contributed by atoms with Gasteiger partial charge in [0.25, 0.3) is 0 Å². The monoisotopic (exact) mass is 167 g/mol. The molecule has 1 aliphatic rings. The lowest BCUT2D eigenvalue weighted by Gasteiger charge is -2.09. The smallest absolute Gasteiger partial charge is 0.235 e. The van der Waals surface area contributed by atoms with Crippen LogP contribution in [-0.4, -0.2) is 23.1 Å². The Hall–Kier alpha value is -1.03. The fourth-order valence-electron chi connectivity index (χ4n) is 1.41. The summed E-state index contributed by atoms with van der Waals surface area (Å²) in [6.07, 6.45) is 2.93. The van der Waals surface area contributed by atoms with Gasteiger partial charge >= 0.3 is 0 Å². The van der Waals surface area contributed by atoms with Gasteiger partial charge in [0.1, 0.15) is 5.82 Å². The summed E-state index contributed by atoms with van der Waals surface area (Å²) in [6, 6.07) is 0. The van der Waals surface area contributed by atoms with Crippen molar-refractivity contribution in [2.24, 2.45) is 5.73 Å². The first-order chi connectivity index (χ1) is 5.90. The Kier molecular flexibility index (Phi) is 1.99. The second kappa shape index (κ2) is 3.15. The summed E-state index contributed by atoms with van der Waals surface area (Å²) >= 11 is 0. The molecule has 0 amide bonds. The number of H-pyrrole nitrogens is 1. The molecule has 0 aromatic carbocycles. The van der Waals surface area contributed by atoms with Crippen molar-refractivity contribution in [3.63, 3.8) is 0 Å². The number of fused-ring (bicyclic) bond motifs is 1. The van der Waals surface area contributed by atoms with Gasteiger partial charge < -0.3 is 15.5 Å². The molecule has 0 bridgehead atoms. The van der Waals surface area contributed by atoms with Crippen LogP contribution in [0, 0.1) is 0 Å². The van der Waals surface area contributed by atoms with Crippen molar-refractivity contribution in [1.82, 2.24) is 9.97 Å². The molecule has 2 rings (SSSR count). The number of aromatic nitrogens is 2. The zero-order valence-corrected chi connectivity index (χ0v) is 6.97. The molecule has 66 valence electrons. The molecule has 3 N–H and O–H groups in total. The van der Waals surface area contributed by atoms with Crippen molar-refractivity contribution in [3.8, 4) is 5.88 Å². The van der Waals surface area contributed by atoms with Crippen LogP contribution < -0.4 is 10.5 Å². The van der Waals surface area contributed by atoms with Crippen molar-refractivity contribution in [2.45, 2.75) is 19.3 Å². The van der Waals surface area contributed by atoms with E-state index in [1.54, 1.807) is 0 Å². The van der Waals surface area contributed by atoms with E-state index in [2.05, 4.69) is 9.97 Å². The molecule has 4 heteroatoms. The van der Waals surface area contributed by atoms with E-state index in [0.29, 0.717) is 6.54 Å². The maximum atomic E-state index is 5.42. The quantitative estimate of drug-likeness (QED) is 0.663. The van der Waals surface area contributed by atoms with Crippen molar-refractivity contribution >= 4 is 0 Å². The van der Waals surface area contributed by atoms with Crippen molar-refractivity contribution < 1.29 is 4.74 Å². The Bertz CT molecular complexity index is 246. The first kappa shape index (κ1) is 7.61. The van der Waals surface area contributed by atoms with Crippen LogP contribution in [0.3, 0.4) is 0 Å². The number of hydrogen-bond donors (Lipinski definition) is 2. The summed E-state index contributed by atoms with van der Waals surface area (Å²) in [5, 5.41) is 0. The van der Waals surface area contributed by atoms with Gasteiger partial charge in [-0.1, -0.05) is 0 Å². The number of aryl methyl sites for hydroxylation is 1. The van der Waals surface area contributed by atoms with Crippen molar-refractivity contribution in [2.75, 3.05) is 13.2 Å². The second-order valence-electron chi connectivity index (χ2n) is 2.96. The van der Waals surface area contributed by atoms with E-state index in [1.807, 2.05) is 0 Å². The van der Waals surface area contributed by atoms with Gasteiger partial charge in [0.2, 0.25) is 5.88 Å². The molecule has 0 saturated heterocycles. The molecule has 12 heavy (non-hydrogen) atoms. The fraction of sp³-hybridized carbons (Fsp3) is 0.625. The van der Waals surface area contributed by atoms with E-state index < -0.39 is 0 Å². The van der Waals surface area contributed by atoms with Crippen LogP contribution in [0.15, 0.2) is 0 Å². The summed E-state index contributed by atoms with van der Waals surface area (Å²) < 4.78 is 5.37. The number of nitrogens with one attached hydrogen (secondary N) is 1. The average molecular weight is 167 g/mol. The van der Waals surface area contributed by atoms with Gasteiger partial charge in [-0.25, -0.2) is 0 Å². The summed E-state index contributed by atoms with van der Waals surface area (Å²) in [5.41, 5.74) is 6.55. The maximum Gasteiger partial charge on any atom is 0.235 e. The second-order valence-corrected chi connectivity index (χ2v) is 2.96. The minimum atomic E-state index is 0.631. The predicted octanol–water partition coefficient (Wildman–Crippen LogP) is 0.236. The summed E-state index contributed by atoms with van der Waals surface area (Å²) in [7, 11) is 0. The normalized spacial score (nSPS) is 15.4. The Labute approximate surface area is 71.1 Å². The number of nitrogens with zero attached hydrogens (tertiary/aromatic N) is 1. The van der Waals surface area contributed by atoms with Crippen LogP contribution in [0.5, 0.6) is 5.88 Å². The Morgan fingerprint density at radius 2 is 2.50 bits per heavy atom. The van der Waals surface area contributed by atoms with Crippen LogP contribution in [0.1, 0.15) is 17.9 Å². The highest BCUT2D eigenvalue weighted by molar-refractivity contribution is 5.23. The molecule has 0 fully saturated rings. The van der Waals surface area contributed by atoms with Crippen LogP contribution in [0.25, 0.3) is 0 Å². The molecule has 4 nitrogen and oxygen atoms in total. The molecule has 0 unspecified atom stereocenters. The first-order valence-corrected chi connectivity index (χ1v) is 4.31. The van der Waals surface area contributed by atoms with Gasteiger partial charge in [-0.15, -0.1) is 0 Å². The number of rotatable bonds is 2. The minimum absolute atomic E-state index is 0.631. The molecule has 0 atom stereocenters. The van der Waals surface area contributed by atoms with Crippen LogP contribution >= 0.6 is 0 Å². The molecular weight excluding hydrogens is 154 g/mol. The number of ether oxygens (including phenoxy) is 1. The molecule has 2 heterocycles. The van der Waals surface area contributed by atoms with Crippen LogP contribution in [-0.2, 0) is 12.8 Å². The lowest BCUT2D eigenvalue weighted by molar-refractivity contribution is 0.277. The van der Waals surface area contributed by atoms with E-state index >= 15 is 0 Å². The third-order valence-electron chi connectivity index (χ3n) is 1.98. The minimum Gasteiger partial charge on any atom is -0.476 e. The highest BCUT2D eigenvalue weighted by Gasteiger charge is 2.14. The van der Waals surface area contributed by atoms with Crippen LogP contribution in [0.4, 0.5) is 0 Å². The largest absolute Gasteiger partial charge is 0.476 e. The summed E-state index contributed by atoms with van der Waals surface area (Å²) in [6.45, 7) is 1.42. The van der Waals surface area contributed by atoms with Gasteiger partial charge in [0.15, 0.2) is 0 Å². The Morgan fingerprint density at radius 3 is 3.25 bits per heavy atom. The van der Waals surface area contributed by atoms with Crippen molar-refractivity contribution in [3.05, 3.63) is 11.5 Å². The first-order valence-electron chi connectivity index (χ1n) is 4.31. The number of nitrogens with two attached hydrogens (primary N) is 1. The van der Waals surface area contributed by atoms with E-state index in [-0.39, 0.29) is 0 Å². The maximum absolute atomic E-state index is 5.42. The SMILES string of the molecule is NCCc1nc2c([nH]1)CCCO2. The number of hydrogen-bond acceptors (Lipinski definition) is 3. The van der Waals surface area contributed by atoms with Gasteiger partial charge in [-0.3, -0.25) is 0 Å². The zero-order chi connectivity index (χ0) is 8.39. The summed E-state index contributed by atoms with van der Waals surface area (Å²) in [4.78, 5) is 7.50. The molecular formula is C8H13N3O. The average Bonchev–Trinajstić information content (AvgIpc) is 2.47. The Morgan fingerprint density at radius 1 is 1.58 bits per heavy atom. The summed E-state index contributed by atoms with van der Waals surface area (Å²) in [5.74, 6) is 1.73. The van der Waals surface area contributed by atoms with E-state index in [1.165, 1.54) is 0 Å². The third kappa shape index (κ3) is 1.30. The van der Waals surface area contributed by atoms with Gasteiger partial charge in [-0.05, 0) is 19.4 Å². The van der Waals surface area contributed by atoms with Gasteiger partial charge in [0.05, 0.1) is 12.3 Å². The lowest BCUT2D eigenvalue weighted by Crippen LogP contribution is -2.07. The Balaban J connectivity index is 2.20.